The summed E-state index contributed by atoms with van der Waals surface area (Å²) < 4.78 is 31.1. The molecular formula is C18H18ClFN2O4S. The van der Waals surface area contributed by atoms with Crippen molar-refractivity contribution in [3.05, 3.63) is 58.8 Å². The van der Waals surface area contributed by atoms with E-state index in [1.807, 2.05) is 0 Å². The Kier molecular flexibility index (Phi) is 6.28. The van der Waals surface area contributed by atoms with E-state index in [2.05, 4.69) is 0 Å². The normalized spacial score (nSPS) is 15.6. The van der Waals surface area contributed by atoms with Gasteiger partial charge in [0.05, 0.1) is 12.0 Å². The van der Waals surface area contributed by atoms with Crippen LogP contribution in [-0.4, -0.2) is 57.8 Å². The second-order valence-corrected chi connectivity index (χ2v) is 7.94. The van der Waals surface area contributed by atoms with Crippen molar-refractivity contribution in [3.8, 4) is 0 Å². The van der Waals surface area contributed by atoms with Crippen LogP contribution in [0.15, 0.2) is 41.0 Å². The number of piperazine rings is 1. The van der Waals surface area contributed by atoms with Crippen molar-refractivity contribution in [2.45, 2.75) is 5.75 Å². The minimum Gasteiger partial charge on any atom is -0.459 e. The van der Waals surface area contributed by atoms with E-state index < -0.39 is 16.6 Å². The van der Waals surface area contributed by atoms with E-state index in [1.165, 1.54) is 24.5 Å². The van der Waals surface area contributed by atoms with Crippen LogP contribution in [0.2, 0.25) is 5.02 Å². The van der Waals surface area contributed by atoms with Gasteiger partial charge in [0.2, 0.25) is 5.91 Å². The fourth-order valence-electron chi connectivity index (χ4n) is 2.83. The van der Waals surface area contributed by atoms with E-state index in [-0.39, 0.29) is 39.7 Å². The Hall–Kier alpha value is -2.19. The third kappa shape index (κ3) is 4.75. The van der Waals surface area contributed by atoms with Crippen molar-refractivity contribution in [2.75, 3.05) is 31.9 Å². The number of nitrogens with zero attached hydrogens (tertiary/aromatic N) is 2. The zero-order valence-corrected chi connectivity index (χ0v) is 16.0. The lowest BCUT2D eigenvalue weighted by Gasteiger charge is -2.34. The molecule has 2 amide bonds. The summed E-state index contributed by atoms with van der Waals surface area (Å²) in [6.45, 7) is 1.44. The number of furan rings is 1. The van der Waals surface area contributed by atoms with E-state index in [0.717, 1.165) is 0 Å². The SMILES string of the molecule is O=C(C[S@](=O)Cc1c(F)cccc1Cl)N1CCN(C(=O)c2ccco2)CC1. The standard InChI is InChI=1S/C18H18ClFN2O4S/c19-14-3-1-4-15(20)13(14)11-27(25)12-17(23)21-6-8-22(9-7-21)18(24)16-5-2-10-26-16/h1-5,10H,6-9,11-12H2/t27-/m1/s1. The molecule has 2 aromatic rings. The van der Waals surface area contributed by atoms with Crippen molar-refractivity contribution >= 4 is 34.2 Å². The van der Waals surface area contributed by atoms with Gasteiger partial charge in [-0.3, -0.25) is 13.8 Å². The molecule has 0 bridgehead atoms. The number of carbonyl (C=O) groups excluding carboxylic acids is 2. The van der Waals surface area contributed by atoms with Crippen molar-refractivity contribution in [1.29, 1.82) is 0 Å². The minimum absolute atomic E-state index is 0.117. The molecule has 1 saturated heterocycles. The number of hydrogen-bond acceptors (Lipinski definition) is 4. The highest BCUT2D eigenvalue weighted by atomic mass is 35.5. The van der Waals surface area contributed by atoms with Crippen LogP contribution >= 0.6 is 11.6 Å². The maximum atomic E-state index is 13.8. The first kappa shape index (κ1) is 19.6. The van der Waals surface area contributed by atoms with Gasteiger partial charge in [-0.25, -0.2) is 4.39 Å². The maximum absolute atomic E-state index is 13.8. The molecule has 6 nitrogen and oxygen atoms in total. The minimum atomic E-state index is -1.58. The second-order valence-electron chi connectivity index (χ2n) is 6.08. The molecule has 27 heavy (non-hydrogen) atoms. The number of rotatable bonds is 5. The molecule has 3 rings (SSSR count). The van der Waals surface area contributed by atoms with E-state index >= 15 is 0 Å². The Labute approximate surface area is 163 Å². The molecule has 1 fully saturated rings. The van der Waals surface area contributed by atoms with Gasteiger partial charge < -0.3 is 14.2 Å². The number of amides is 2. The highest BCUT2D eigenvalue weighted by molar-refractivity contribution is 7.84. The molecule has 0 spiro atoms. The van der Waals surface area contributed by atoms with Gasteiger partial charge in [-0.2, -0.15) is 0 Å². The predicted molar refractivity (Wildman–Crippen MR) is 99.3 cm³/mol. The summed E-state index contributed by atoms with van der Waals surface area (Å²) in [4.78, 5) is 27.7. The van der Waals surface area contributed by atoms with Gasteiger partial charge in [-0.05, 0) is 24.3 Å². The monoisotopic (exact) mass is 412 g/mol. The fraction of sp³-hybridized carbons (Fsp3) is 0.333. The summed E-state index contributed by atoms with van der Waals surface area (Å²) in [5, 5.41) is 0.195. The number of hydrogen-bond donors (Lipinski definition) is 0. The van der Waals surface area contributed by atoms with Crippen molar-refractivity contribution < 1.29 is 22.6 Å². The lowest BCUT2D eigenvalue weighted by atomic mass is 10.2. The quantitative estimate of drug-likeness (QED) is 0.755. The predicted octanol–water partition coefficient (Wildman–Crippen LogP) is 2.31. The Balaban J connectivity index is 1.51. The second kappa shape index (κ2) is 8.67. The van der Waals surface area contributed by atoms with Crippen molar-refractivity contribution in [1.82, 2.24) is 9.80 Å². The molecule has 1 aliphatic rings. The van der Waals surface area contributed by atoms with Crippen LogP contribution in [0.1, 0.15) is 16.1 Å². The summed E-state index contributed by atoms with van der Waals surface area (Å²) >= 11 is 5.93. The van der Waals surface area contributed by atoms with Gasteiger partial charge >= 0.3 is 0 Å². The number of halogens is 2. The Bertz CT molecular complexity index is 831. The Morgan fingerprint density at radius 1 is 1.11 bits per heavy atom. The van der Waals surface area contributed by atoms with Gasteiger partial charge in [0.15, 0.2) is 5.76 Å². The first-order chi connectivity index (χ1) is 13.0. The number of carbonyl (C=O) groups is 2. The van der Waals surface area contributed by atoms with Crippen molar-refractivity contribution in [2.24, 2.45) is 0 Å². The molecule has 1 atom stereocenters. The number of benzene rings is 1. The van der Waals surface area contributed by atoms with Crippen LogP contribution in [0, 0.1) is 5.82 Å². The molecular weight excluding hydrogens is 395 g/mol. The highest BCUT2D eigenvalue weighted by Crippen LogP contribution is 2.20. The van der Waals surface area contributed by atoms with E-state index in [0.29, 0.717) is 26.2 Å². The van der Waals surface area contributed by atoms with E-state index in [9.17, 15) is 18.2 Å². The molecule has 0 N–H and O–H groups in total. The summed E-state index contributed by atoms with van der Waals surface area (Å²) in [5.74, 6) is -1.10. The third-order valence-corrected chi connectivity index (χ3v) is 5.84. The molecule has 2 heterocycles. The highest BCUT2D eigenvalue weighted by Gasteiger charge is 2.27. The first-order valence-corrected chi connectivity index (χ1v) is 10.2. The largest absolute Gasteiger partial charge is 0.459 e. The van der Waals surface area contributed by atoms with Crippen LogP contribution in [0.5, 0.6) is 0 Å². The Morgan fingerprint density at radius 3 is 2.44 bits per heavy atom. The Morgan fingerprint density at radius 2 is 1.81 bits per heavy atom. The molecule has 0 saturated carbocycles. The van der Waals surface area contributed by atoms with Gasteiger partial charge in [0.1, 0.15) is 11.6 Å². The first-order valence-electron chi connectivity index (χ1n) is 8.34. The summed E-state index contributed by atoms with van der Waals surface area (Å²) in [5.41, 5.74) is 0.152. The van der Waals surface area contributed by atoms with Crippen LogP contribution in [0.4, 0.5) is 4.39 Å². The van der Waals surface area contributed by atoms with E-state index in [1.54, 1.807) is 21.9 Å². The molecule has 0 aliphatic carbocycles. The molecule has 0 radical (unpaired) electrons. The summed E-state index contributed by atoms with van der Waals surface area (Å²) in [6.07, 6.45) is 1.43. The summed E-state index contributed by atoms with van der Waals surface area (Å²) in [6, 6.07) is 7.48. The molecule has 1 aromatic carbocycles. The lowest BCUT2D eigenvalue weighted by Crippen LogP contribution is -2.51. The van der Waals surface area contributed by atoms with Crippen molar-refractivity contribution in [3.63, 3.8) is 0 Å². The fourth-order valence-corrected chi connectivity index (χ4v) is 4.31. The van der Waals surface area contributed by atoms with Crippen LogP contribution in [0.25, 0.3) is 0 Å². The molecule has 0 unspecified atom stereocenters. The molecule has 1 aromatic heterocycles. The molecule has 144 valence electrons. The average molecular weight is 413 g/mol. The summed E-state index contributed by atoms with van der Waals surface area (Å²) in [7, 11) is -1.58. The van der Waals surface area contributed by atoms with Gasteiger partial charge in [-0.15, -0.1) is 0 Å². The molecule has 1 aliphatic heterocycles. The lowest BCUT2D eigenvalue weighted by molar-refractivity contribution is -0.129. The maximum Gasteiger partial charge on any atom is 0.289 e. The van der Waals surface area contributed by atoms with Crippen LogP contribution in [0.3, 0.4) is 0 Å². The topological polar surface area (TPSA) is 70.8 Å². The molecule has 9 heteroatoms. The van der Waals surface area contributed by atoms with Gasteiger partial charge in [0, 0.05) is 47.6 Å². The zero-order chi connectivity index (χ0) is 19.4. The zero-order valence-electron chi connectivity index (χ0n) is 14.4. The average Bonchev–Trinajstić information content (AvgIpc) is 3.19. The van der Waals surface area contributed by atoms with Gasteiger partial charge in [0.25, 0.3) is 5.91 Å². The smallest absolute Gasteiger partial charge is 0.289 e. The van der Waals surface area contributed by atoms with E-state index in [4.69, 9.17) is 16.0 Å². The third-order valence-electron chi connectivity index (χ3n) is 4.30. The van der Waals surface area contributed by atoms with Crippen LogP contribution in [-0.2, 0) is 21.3 Å². The van der Waals surface area contributed by atoms with Gasteiger partial charge in [-0.1, -0.05) is 17.7 Å². The van der Waals surface area contributed by atoms with Crippen LogP contribution < -0.4 is 0 Å².